The van der Waals surface area contributed by atoms with Gasteiger partial charge >= 0.3 is 0 Å². The number of carbonyl (C=O) groups is 2. The fraction of sp³-hybridized carbons (Fsp3) is 0.222. The van der Waals surface area contributed by atoms with Gasteiger partial charge in [0, 0.05) is 12.6 Å². The molecule has 0 radical (unpaired) electrons. The number of pyridine rings is 1. The van der Waals surface area contributed by atoms with E-state index in [1.54, 1.807) is 12.1 Å². The SMILES string of the molecule is CCCn1c(C)nc2cc(-n3c(N)c4c(cc3=O)C(=O)NC4=O)ccc21. The van der Waals surface area contributed by atoms with Crippen molar-refractivity contribution in [3.63, 3.8) is 0 Å². The van der Waals surface area contributed by atoms with Crippen LogP contribution in [0.25, 0.3) is 16.7 Å². The number of imidazole rings is 1. The van der Waals surface area contributed by atoms with Crippen LogP contribution in [-0.4, -0.2) is 25.9 Å². The first-order valence-electron chi connectivity index (χ1n) is 8.31. The zero-order chi connectivity index (χ0) is 18.6. The number of anilines is 1. The third-order valence-electron chi connectivity index (χ3n) is 4.58. The van der Waals surface area contributed by atoms with Gasteiger partial charge in [-0.05, 0) is 31.5 Å². The molecule has 8 nitrogen and oxygen atoms in total. The summed E-state index contributed by atoms with van der Waals surface area (Å²) in [5, 5.41) is 2.16. The smallest absolute Gasteiger partial charge is 0.262 e. The second kappa shape index (κ2) is 5.55. The summed E-state index contributed by atoms with van der Waals surface area (Å²) in [6.45, 7) is 4.88. The highest BCUT2D eigenvalue weighted by Crippen LogP contribution is 2.25. The number of nitrogens with zero attached hydrogens (tertiary/aromatic N) is 3. The number of benzene rings is 1. The van der Waals surface area contributed by atoms with Crippen LogP contribution < -0.4 is 16.6 Å². The maximum atomic E-state index is 12.5. The minimum absolute atomic E-state index is 0.0119. The number of carbonyl (C=O) groups excluding carboxylic acids is 2. The second-order valence-corrected chi connectivity index (χ2v) is 6.26. The Hall–Kier alpha value is -3.42. The van der Waals surface area contributed by atoms with Gasteiger partial charge in [-0.25, -0.2) is 4.98 Å². The Morgan fingerprint density at radius 1 is 1.15 bits per heavy atom. The molecule has 8 heteroatoms. The summed E-state index contributed by atoms with van der Waals surface area (Å²) >= 11 is 0. The van der Waals surface area contributed by atoms with Crippen molar-refractivity contribution in [3.05, 3.63) is 51.6 Å². The predicted octanol–water partition coefficient (Wildman–Crippen LogP) is 1.37. The number of fused-ring (bicyclic) bond motifs is 2. The Bertz CT molecular complexity index is 1160. The van der Waals surface area contributed by atoms with Gasteiger partial charge < -0.3 is 10.3 Å². The molecule has 3 N–H and O–H groups in total. The summed E-state index contributed by atoms with van der Waals surface area (Å²) in [7, 11) is 0. The van der Waals surface area contributed by atoms with Gasteiger partial charge in [0.05, 0.1) is 27.8 Å². The van der Waals surface area contributed by atoms with E-state index in [-0.39, 0.29) is 16.9 Å². The summed E-state index contributed by atoms with van der Waals surface area (Å²) in [5.41, 5.74) is 7.84. The Balaban J connectivity index is 1.94. The molecular formula is C18H17N5O3. The minimum atomic E-state index is -0.606. The van der Waals surface area contributed by atoms with E-state index in [0.29, 0.717) is 5.69 Å². The molecule has 0 saturated carbocycles. The normalized spacial score (nSPS) is 13.3. The molecule has 0 spiro atoms. The first kappa shape index (κ1) is 16.1. The lowest BCUT2D eigenvalue weighted by molar-refractivity contribution is 0.0880. The van der Waals surface area contributed by atoms with Crippen LogP contribution in [0.5, 0.6) is 0 Å². The van der Waals surface area contributed by atoms with E-state index in [2.05, 4.69) is 21.8 Å². The van der Waals surface area contributed by atoms with Crippen molar-refractivity contribution in [2.45, 2.75) is 26.8 Å². The van der Waals surface area contributed by atoms with E-state index in [9.17, 15) is 14.4 Å². The summed E-state index contributed by atoms with van der Waals surface area (Å²) in [6.07, 6.45) is 0.981. The lowest BCUT2D eigenvalue weighted by Gasteiger charge is -2.12. The number of imide groups is 1. The summed E-state index contributed by atoms with van der Waals surface area (Å²) in [6, 6.07) is 6.53. The standard InChI is InChI=1S/C18H17N5O3/c1-3-6-22-9(2)20-12-7-10(4-5-13(12)22)23-14(24)8-11-15(16(23)19)18(26)21-17(11)25/h4-5,7-8H,3,6,19H2,1-2H3,(H,21,25,26). The van der Waals surface area contributed by atoms with E-state index >= 15 is 0 Å². The maximum Gasteiger partial charge on any atom is 0.262 e. The number of aromatic nitrogens is 3. The van der Waals surface area contributed by atoms with Gasteiger partial charge in [-0.1, -0.05) is 6.92 Å². The quantitative estimate of drug-likeness (QED) is 0.692. The van der Waals surface area contributed by atoms with Crippen molar-refractivity contribution in [2.75, 3.05) is 5.73 Å². The number of nitrogen functional groups attached to an aromatic ring is 1. The first-order valence-corrected chi connectivity index (χ1v) is 8.31. The van der Waals surface area contributed by atoms with Crippen LogP contribution in [-0.2, 0) is 6.54 Å². The molecule has 0 unspecified atom stereocenters. The van der Waals surface area contributed by atoms with Gasteiger partial charge in [-0.15, -0.1) is 0 Å². The number of aryl methyl sites for hydroxylation is 2. The van der Waals surface area contributed by atoms with Gasteiger partial charge in [0.1, 0.15) is 11.6 Å². The molecule has 0 atom stereocenters. The molecule has 3 aromatic rings. The van der Waals surface area contributed by atoms with Gasteiger partial charge in [-0.3, -0.25) is 24.3 Å². The van der Waals surface area contributed by atoms with Crippen molar-refractivity contribution >= 4 is 28.7 Å². The lowest BCUT2D eigenvalue weighted by atomic mass is 10.1. The van der Waals surface area contributed by atoms with E-state index in [0.717, 1.165) is 35.9 Å². The summed E-state index contributed by atoms with van der Waals surface area (Å²) in [4.78, 5) is 40.8. The second-order valence-electron chi connectivity index (χ2n) is 6.26. The number of hydrogen-bond acceptors (Lipinski definition) is 5. The predicted molar refractivity (Wildman–Crippen MR) is 96.6 cm³/mol. The summed E-state index contributed by atoms with van der Waals surface area (Å²) in [5.74, 6) is -0.371. The molecular weight excluding hydrogens is 334 g/mol. The molecule has 1 aliphatic heterocycles. The number of nitrogens with one attached hydrogen (secondary N) is 1. The van der Waals surface area contributed by atoms with Crippen LogP contribution in [0.4, 0.5) is 5.82 Å². The largest absolute Gasteiger partial charge is 0.384 e. The van der Waals surface area contributed by atoms with Crippen molar-refractivity contribution in [1.82, 2.24) is 19.4 Å². The molecule has 3 heterocycles. The number of nitrogens with two attached hydrogens (primary N) is 1. The van der Waals surface area contributed by atoms with Crippen LogP contribution in [0.15, 0.2) is 29.1 Å². The molecule has 2 amide bonds. The molecule has 0 fully saturated rings. The van der Waals surface area contributed by atoms with Crippen molar-refractivity contribution in [1.29, 1.82) is 0 Å². The highest BCUT2D eigenvalue weighted by atomic mass is 16.2. The topological polar surface area (TPSA) is 112 Å². The van der Waals surface area contributed by atoms with Crippen LogP contribution >= 0.6 is 0 Å². The number of rotatable bonds is 3. The van der Waals surface area contributed by atoms with E-state index in [1.807, 2.05) is 13.0 Å². The first-order chi connectivity index (χ1) is 12.4. The highest BCUT2D eigenvalue weighted by Gasteiger charge is 2.31. The molecule has 1 aliphatic rings. The van der Waals surface area contributed by atoms with Gasteiger partial charge in [-0.2, -0.15) is 0 Å². The average molecular weight is 351 g/mol. The Morgan fingerprint density at radius 2 is 1.92 bits per heavy atom. The third-order valence-corrected chi connectivity index (χ3v) is 4.58. The molecule has 2 aromatic heterocycles. The van der Waals surface area contributed by atoms with Gasteiger partial charge in [0.2, 0.25) is 0 Å². The Kier molecular flexibility index (Phi) is 3.43. The fourth-order valence-electron chi connectivity index (χ4n) is 3.43. The summed E-state index contributed by atoms with van der Waals surface area (Å²) < 4.78 is 3.34. The molecule has 0 bridgehead atoms. The number of hydrogen-bond donors (Lipinski definition) is 2. The van der Waals surface area contributed by atoms with Crippen molar-refractivity contribution in [2.24, 2.45) is 0 Å². The Labute approximate surface area is 148 Å². The molecule has 1 aromatic carbocycles. The fourth-order valence-corrected chi connectivity index (χ4v) is 3.43. The molecule has 0 saturated heterocycles. The van der Waals surface area contributed by atoms with E-state index < -0.39 is 17.4 Å². The van der Waals surface area contributed by atoms with Crippen LogP contribution in [0, 0.1) is 6.92 Å². The van der Waals surface area contributed by atoms with Crippen LogP contribution in [0.2, 0.25) is 0 Å². The molecule has 0 aliphatic carbocycles. The van der Waals surface area contributed by atoms with Crippen LogP contribution in [0.3, 0.4) is 0 Å². The molecule has 26 heavy (non-hydrogen) atoms. The van der Waals surface area contributed by atoms with E-state index in [1.165, 1.54) is 4.57 Å². The Morgan fingerprint density at radius 3 is 2.65 bits per heavy atom. The molecule has 132 valence electrons. The monoisotopic (exact) mass is 351 g/mol. The van der Waals surface area contributed by atoms with Gasteiger partial charge in [0.15, 0.2) is 0 Å². The maximum absolute atomic E-state index is 12.5. The van der Waals surface area contributed by atoms with Gasteiger partial charge in [0.25, 0.3) is 17.4 Å². The average Bonchev–Trinajstić information content (AvgIpc) is 3.04. The van der Waals surface area contributed by atoms with E-state index in [4.69, 9.17) is 5.73 Å². The third kappa shape index (κ3) is 2.15. The number of amides is 2. The van der Waals surface area contributed by atoms with Crippen LogP contribution in [0.1, 0.15) is 39.9 Å². The highest BCUT2D eigenvalue weighted by molar-refractivity contribution is 6.23. The molecule has 4 rings (SSSR count). The zero-order valence-electron chi connectivity index (χ0n) is 14.4. The lowest BCUT2D eigenvalue weighted by Crippen LogP contribution is -2.24. The van der Waals surface area contributed by atoms with Crippen molar-refractivity contribution in [3.8, 4) is 5.69 Å². The van der Waals surface area contributed by atoms with Crippen molar-refractivity contribution < 1.29 is 9.59 Å². The minimum Gasteiger partial charge on any atom is -0.384 e. The zero-order valence-corrected chi connectivity index (χ0v) is 14.4.